The van der Waals surface area contributed by atoms with E-state index in [1.807, 2.05) is 0 Å². The Morgan fingerprint density at radius 1 is 1.12 bits per heavy atom. The Kier molecular flexibility index (Phi) is 4.36. The van der Waals surface area contributed by atoms with Crippen LogP contribution in [-0.2, 0) is 4.79 Å². The molecule has 2 fully saturated rings. The highest BCUT2D eigenvalue weighted by Gasteiger charge is 2.25. The van der Waals surface area contributed by atoms with Crippen LogP contribution in [0.15, 0.2) is 0 Å². The lowest BCUT2D eigenvalue weighted by molar-refractivity contribution is -0.123. The van der Waals surface area contributed by atoms with Gasteiger partial charge >= 0.3 is 0 Å². The van der Waals surface area contributed by atoms with Gasteiger partial charge in [-0.15, -0.1) is 0 Å². The topological polar surface area (TPSA) is 40.5 Å². The first-order valence-corrected chi connectivity index (χ1v) is 6.69. The maximum Gasteiger partial charge on any atom is 0.137 e. The maximum atomic E-state index is 11.9. The minimum atomic E-state index is -0.110. The van der Waals surface area contributed by atoms with Gasteiger partial charge in [0.15, 0.2) is 0 Å². The largest absolute Gasteiger partial charge is 0.393 e. The number of aliphatic hydroxyl groups is 1. The zero-order valence-electron chi connectivity index (χ0n) is 10.0. The van der Waals surface area contributed by atoms with Crippen LogP contribution in [0.5, 0.6) is 0 Å². The van der Waals surface area contributed by atoms with E-state index >= 15 is 0 Å². The molecular formula is C13H23NO2. The van der Waals surface area contributed by atoms with E-state index in [4.69, 9.17) is 0 Å². The van der Waals surface area contributed by atoms with Gasteiger partial charge in [-0.25, -0.2) is 0 Å². The number of likely N-dealkylation sites (tertiary alicyclic amines) is 1. The number of Topliss-reactive ketones (excluding diaryl/α,β-unsaturated/α-hetero) is 1. The predicted octanol–water partition coefficient (Wildman–Crippen LogP) is 1.59. The van der Waals surface area contributed by atoms with Gasteiger partial charge < -0.3 is 10.0 Å². The van der Waals surface area contributed by atoms with Crippen molar-refractivity contribution < 1.29 is 9.90 Å². The molecule has 1 heterocycles. The summed E-state index contributed by atoms with van der Waals surface area (Å²) in [4.78, 5) is 14.2. The highest BCUT2D eigenvalue weighted by atomic mass is 16.3. The van der Waals surface area contributed by atoms with Crippen LogP contribution in [0.4, 0.5) is 0 Å². The molecule has 1 saturated heterocycles. The minimum absolute atomic E-state index is 0.110. The van der Waals surface area contributed by atoms with Crippen molar-refractivity contribution in [2.45, 2.75) is 51.0 Å². The molecular weight excluding hydrogens is 202 g/mol. The number of rotatable bonds is 2. The molecule has 1 unspecified atom stereocenters. The second kappa shape index (κ2) is 5.78. The first-order valence-electron chi connectivity index (χ1n) is 6.69. The monoisotopic (exact) mass is 225 g/mol. The smallest absolute Gasteiger partial charge is 0.137 e. The number of ketones is 1. The van der Waals surface area contributed by atoms with E-state index in [9.17, 15) is 9.90 Å². The lowest BCUT2D eigenvalue weighted by Gasteiger charge is -2.31. The zero-order chi connectivity index (χ0) is 11.4. The molecule has 0 aromatic carbocycles. The summed E-state index contributed by atoms with van der Waals surface area (Å²) in [7, 11) is 0. The van der Waals surface area contributed by atoms with Crippen LogP contribution in [0, 0.1) is 5.92 Å². The fourth-order valence-corrected chi connectivity index (χ4v) is 2.84. The standard InChI is InChI=1S/C13H23NO2/c15-12-6-8-14(9-7-12)10-11-4-2-1-3-5-13(11)16/h11-12,15H,1-10H2. The molecule has 0 radical (unpaired) electrons. The number of nitrogens with zero attached hydrogens (tertiary/aromatic N) is 1. The lowest BCUT2D eigenvalue weighted by atomic mass is 9.97. The van der Waals surface area contributed by atoms with Crippen LogP contribution in [0.3, 0.4) is 0 Å². The summed E-state index contributed by atoms with van der Waals surface area (Å²) in [5.41, 5.74) is 0. The molecule has 1 atom stereocenters. The minimum Gasteiger partial charge on any atom is -0.393 e. The van der Waals surface area contributed by atoms with Gasteiger partial charge in [-0.2, -0.15) is 0 Å². The third-order valence-electron chi connectivity index (χ3n) is 3.97. The molecule has 92 valence electrons. The molecule has 0 bridgehead atoms. The average Bonchev–Trinajstić information content (AvgIpc) is 2.48. The van der Waals surface area contributed by atoms with Crippen LogP contribution in [0.25, 0.3) is 0 Å². The SMILES string of the molecule is O=C1CCCCCC1CN1CCC(O)CC1. The number of piperidine rings is 1. The first kappa shape index (κ1) is 12.1. The molecule has 3 heteroatoms. The van der Waals surface area contributed by atoms with Crippen molar-refractivity contribution in [3.05, 3.63) is 0 Å². The summed E-state index contributed by atoms with van der Waals surface area (Å²) in [5.74, 6) is 0.751. The Labute approximate surface area is 97.8 Å². The van der Waals surface area contributed by atoms with Crippen molar-refractivity contribution in [2.75, 3.05) is 19.6 Å². The second-order valence-corrected chi connectivity index (χ2v) is 5.29. The van der Waals surface area contributed by atoms with Crippen LogP contribution >= 0.6 is 0 Å². The molecule has 2 rings (SSSR count). The molecule has 0 aromatic rings. The van der Waals surface area contributed by atoms with Crippen LogP contribution in [-0.4, -0.2) is 41.5 Å². The van der Waals surface area contributed by atoms with Gasteiger partial charge in [-0.1, -0.05) is 12.8 Å². The van der Waals surface area contributed by atoms with Gasteiger partial charge in [0, 0.05) is 32.0 Å². The van der Waals surface area contributed by atoms with E-state index in [2.05, 4.69) is 4.90 Å². The van der Waals surface area contributed by atoms with Crippen LogP contribution in [0.2, 0.25) is 0 Å². The Bertz CT molecular complexity index is 234. The normalized spacial score (nSPS) is 30.3. The highest BCUT2D eigenvalue weighted by molar-refractivity contribution is 5.81. The molecule has 3 nitrogen and oxygen atoms in total. The Morgan fingerprint density at radius 3 is 2.62 bits per heavy atom. The predicted molar refractivity (Wildman–Crippen MR) is 63.3 cm³/mol. The van der Waals surface area contributed by atoms with E-state index in [0.29, 0.717) is 5.78 Å². The Morgan fingerprint density at radius 2 is 1.88 bits per heavy atom. The molecule has 16 heavy (non-hydrogen) atoms. The Hall–Kier alpha value is -0.410. The molecule has 0 spiro atoms. The maximum absolute atomic E-state index is 11.9. The molecule has 0 aromatic heterocycles. The van der Waals surface area contributed by atoms with Crippen LogP contribution in [0.1, 0.15) is 44.9 Å². The third-order valence-corrected chi connectivity index (χ3v) is 3.97. The molecule has 1 N–H and O–H groups in total. The number of hydrogen-bond acceptors (Lipinski definition) is 3. The summed E-state index contributed by atoms with van der Waals surface area (Å²) in [5, 5.41) is 9.44. The van der Waals surface area contributed by atoms with Gasteiger partial charge in [-0.05, 0) is 25.7 Å². The molecule has 2 aliphatic rings. The van der Waals surface area contributed by atoms with E-state index < -0.39 is 0 Å². The van der Waals surface area contributed by atoms with Crippen molar-refractivity contribution in [3.63, 3.8) is 0 Å². The summed E-state index contributed by atoms with van der Waals surface area (Å²) >= 11 is 0. The Balaban J connectivity index is 1.80. The molecule has 1 aliphatic heterocycles. The average molecular weight is 225 g/mol. The fourth-order valence-electron chi connectivity index (χ4n) is 2.84. The van der Waals surface area contributed by atoms with Gasteiger partial charge in [-0.3, -0.25) is 4.79 Å². The van der Waals surface area contributed by atoms with E-state index in [1.165, 1.54) is 12.8 Å². The number of hydrogen-bond donors (Lipinski definition) is 1. The van der Waals surface area contributed by atoms with Crippen molar-refractivity contribution in [1.29, 1.82) is 0 Å². The first-order chi connectivity index (χ1) is 7.75. The van der Waals surface area contributed by atoms with Crippen molar-refractivity contribution in [2.24, 2.45) is 5.92 Å². The summed E-state index contributed by atoms with van der Waals surface area (Å²) < 4.78 is 0. The van der Waals surface area contributed by atoms with Crippen molar-refractivity contribution in [3.8, 4) is 0 Å². The quantitative estimate of drug-likeness (QED) is 0.726. The summed E-state index contributed by atoms with van der Waals surface area (Å²) in [6.45, 7) is 2.86. The van der Waals surface area contributed by atoms with Gasteiger partial charge in [0.25, 0.3) is 0 Å². The van der Waals surface area contributed by atoms with Crippen molar-refractivity contribution >= 4 is 5.78 Å². The third kappa shape index (κ3) is 3.29. The number of carbonyl (C=O) groups excluding carboxylic acids is 1. The van der Waals surface area contributed by atoms with E-state index in [1.54, 1.807) is 0 Å². The molecule has 0 amide bonds. The summed E-state index contributed by atoms with van der Waals surface area (Å²) in [6.07, 6.45) is 7.05. The molecule has 1 saturated carbocycles. The lowest BCUT2D eigenvalue weighted by Crippen LogP contribution is -2.40. The highest BCUT2D eigenvalue weighted by Crippen LogP contribution is 2.22. The van der Waals surface area contributed by atoms with Gasteiger partial charge in [0.05, 0.1) is 6.10 Å². The van der Waals surface area contributed by atoms with E-state index in [0.717, 1.165) is 51.7 Å². The molecule has 1 aliphatic carbocycles. The fraction of sp³-hybridized carbons (Fsp3) is 0.923. The second-order valence-electron chi connectivity index (χ2n) is 5.29. The number of aliphatic hydroxyl groups excluding tert-OH is 1. The van der Waals surface area contributed by atoms with Crippen molar-refractivity contribution in [1.82, 2.24) is 4.90 Å². The van der Waals surface area contributed by atoms with Gasteiger partial charge in [0.2, 0.25) is 0 Å². The van der Waals surface area contributed by atoms with E-state index in [-0.39, 0.29) is 12.0 Å². The summed E-state index contributed by atoms with van der Waals surface area (Å²) in [6, 6.07) is 0. The van der Waals surface area contributed by atoms with Gasteiger partial charge in [0.1, 0.15) is 5.78 Å². The number of carbonyl (C=O) groups is 1. The van der Waals surface area contributed by atoms with Crippen LogP contribution < -0.4 is 0 Å². The zero-order valence-corrected chi connectivity index (χ0v) is 10.0.